The van der Waals surface area contributed by atoms with Crippen LogP contribution in [0.2, 0.25) is 0 Å². The molecular formula is C90H88BrN17O2. The Kier molecular flexibility index (Phi) is 19.7. The lowest BCUT2D eigenvalue weighted by atomic mass is 9.95. The summed E-state index contributed by atoms with van der Waals surface area (Å²) in [6.45, 7) is 13.7. The molecule has 3 aliphatic rings. The molecule has 10 heterocycles. The van der Waals surface area contributed by atoms with Gasteiger partial charge in [0.15, 0.2) is 6.39 Å². The first-order valence-corrected chi connectivity index (χ1v) is 39.2. The van der Waals surface area contributed by atoms with Crippen molar-refractivity contribution in [3.63, 3.8) is 0 Å². The molecule has 3 fully saturated rings. The number of nitrogens with zero attached hydrogens (tertiary/aromatic N) is 17. The number of hydrogen-bond donors (Lipinski definition) is 0. The number of rotatable bonds is 16. The number of oxazole rings is 1. The lowest BCUT2D eigenvalue weighted by molar-refractivity contribution is 0.00756. The summed E-state index contributed by atoms with van der Waals surface area (Å²) in [7, 11) is 8.37. The maximum absolute atomic E-state index is 5.34. The molecule has 110 heavy (non-hydrogen) atoms. The minimum absolute atomic E-state index is 0.460. The average Bonchev–Trinajstić information content (AvgIpc) is 1.79. The van der Waals surface area contributed by atoms with Crippen molar-refractivity contribution in [3.05, 3.63) is 266 Å². The van der Waals surface area contributed by atoms with Crippen LogP contribution in [-0.4, -0.2) is 96.3 Å². The van der Waals surface area contributed by atoms with Crippen LogP contribution in [0.15, 0.2) is 173 Å². The smallest absolute Gasteiger partial charge is 0.181 e. The molecule has 0 unspecified atom stereocenters. The van der Waals surface area contributed by atoms with E-state index in [2.05, 4.69) is 243 Å². The summed E-state index contributed by atoms with van der Waals surface area (Å²) in [4.78, 5) is 62.0. The zero-order chi connectivity index (χ0) is 75.4. The van der Waals surface area contributed by atoms with Crippen LogP contribution >= 0.6 is 15.9 Å². The maximum atomic E-state index is 5.34. The molecule has 20 rings (SSSR count). The Morgan fingerprint density at radius 3 is 0.982 bits per heavy atom. The number of benzene rings is 8. The normalized spacial score (nSPS) is 13.7. The number of aromatic nitrogens is 17. The van der Waals surface area contributed by atoms with E-state index >= 15 is 0 Å². The third kappa shape index (κ3) is 14.4. The van der Waals surface area contributed by atoms with E-state index in [0.29, 0.717) is 17.8 Å². The quantitative estimate of drug-likeness (QED) is 0.0881. The molecule has 0 radical (unpaired) electrons. The van der Waals surface area contributed by atoms with E-state index in [1.165, 1.54) is 103 Å². The van der Waals surface area contributed by atoms with E-state index < -0.39 is 0 Å². The van der Waals surface area contributed by atoms with Gasteiger partial charge in [-0.1, -0.05) is 121 Å². The van der Waals surface area contributed by atoms with Crippen molar-refractivity contribution in [3.8, 4) is 11.3 Å². The van der Waals surface area contributed by atoms with Crippen molar-refractivity contribution in [1.29, 1.82) is 0 Å². The van der Waals surface area contributed by atoms with Crippen LogP contribution in [0.5, 0.6) is 0 Å². The standard InChI is InChI=1S/C24H24N4.C23H21N5O.C23H24N4O.C20H19BrN4/c1-28-21-11-10-15-4-2-3-5-18(15)24(21)27-23(28)13-12-22-25-19(16-6-7-16)14-20(26-22)17-8-9-17;1-14-22(18-12-29-13-24-18)15(2)26-20(25-14)10-11-21-27-23-17-7-5-4-6-16(17)8-9-19(23)28(21)3;1-14-22(17-12-28-13-17)15(2)25-20(24-14)10-11-21-26-23-18-7-5-4-6-16(18)8-9-19(23)27(21)3;1-12-19(21)13(2)23-17(22-12)10-11-18-24-20-15-7-5-4-6-14(15)8-9-16(20)25(18)3/h2-5,10-11,14,16-17H,6-9,12-13H2,1H3;4-9,12-13H,10-11H2,1-3H3;4-9,17H,10-13H2,1-3H3;4-9H,10-11H2,1-3H3. The van der Waals surface area contributed by atoms with E-state index in [1.54, 1.807) is 6.26 Å². The minimum atomic E-state index is 0.460. The number of hydrogen-bond acceptors (Lipinski definition) is 15. The van der Waals surface area contributed by atoms with Crippen molar-refractivity contribution < 1.29 is 9.15 Å². The van der Waals surface area contributed by atoms with Crippen LogP contribution in [-0.2, 0) is 84.3 Å². The second-order valence-corrected chi connectivity index (χ2v) is 30.6. The molecule has 19 nitrogen and oxygen atoms in total. The molecular weight excluding hydrogens is 1430 g/mol. The fraction of sp³-hybridized carbons (Fsp3) is 0.300. The first kappa shape index (κ1) is 71.6. The monoisotopic (exact) mass is 1520 g/mol. The molecule has 9 aromatic heterocycles. The highest BCUT2D eigenvalue weighted by molar-refractivity contribution is 9.10. The van der Waals surface area contributed by atoms with E-state index in [-0.39, 0.29) is 0 Å². The SMILES string of the molecule is Cc1nc(CCc2nc3c4ccccc4ccc3n2C)nc(C)c1-c1cocn1.Cc1nc(CCc2nc3c4ccccc4ccc3n2C)nc(C)c1Br.Cc1nc(CCc2nc3c4ccccc4ccc3n2C)nc(C)c1C1COC1.Cn1c(CCc2nc(C3CC3)cc(C3CC3)n2)nc2c3ccccc3ccc21. The van der Waals surface area contributed by atoms with Crippen molar-refractivity contribution in [2.75, 3.05) is 13.2 Å². The minimum Gasteiger partial charge on any atom is -0.451 e. The molecule has 1 saturated heterocycles. The van der Waals surface area contributed by atoms with E-state index in [1.807, 2.05) is 27.7 Å². The van der Waals surface area contributed by atoms with Gasteiger partial charge in [-0.25, -0.2) is 64.8 Å². The molecule has 0 spiro atoms. The summed E-state index contributed by atoms with van der Waals surface area (Å²) in [5.41, 5.74) is 20.5. The molecule has 552 valence electrons. The Bertz CT molecular complexity index is 6260. The van der Waals surface area contributed by atoms with Gasteiger partial charge in [-0.15, -0.1) is 0 Å². The topological polar surface area (TPSA) is 210 Å². The van der Waals surface area contributed by atoms with Gasteiger partial charge in [0.1, 0.15) is 58.6 Å². The van der Waals surface area contributed by atoms with Gasteiger partial charge in [-0.2, -0.15) is 0 Å². The summed E-state index contributed by atoms with van der Waals surface area (Å²) < 4.78 is 20.2. The highest BCUT2D eigenvalue weighted by Gasteiger charge is 2.31. The third-order valence-electron chi connectivity index (χ3n) is 22.2. The Hall–Kier alpha value is -11.4. The summed E-state index contributed by atoms with van der Waals surface area (Å²) in [5.74, 6) is 9.70. The fourth-order valence-electron chi connectivity index (χ4n) is 15.9. The highest BCUT2D eigenvalue weighted by atomic mass is 79.9. The Labute approximate surface area is 647 Å². The first-order chi connectivity index (χ1) is 53.5. The molecule has 0 N–H and O–H groups in total. The van der Waals surface area contributed by atoms with Gasteiger partial charge in [-0.3, -0.25) is 0 Å². The zero-order valence-electron chi connectivity index (χ0n) is 64.0. The Morgan fingerprint density at radius 1 is 0.355 bits per heavy atom. The lowest BCUT2D eigenvalue weighted by Gasteiger charge is -2.28. The van der Waals surface area contributed by atoms with Gasteiger partial charge >= 0.3 is 0 Å². The second-order valence-electron chi connectivity index (χ2n) is 29.8. The van der Waals surface area contributed by atoms with E-state index in [0.717, 1.165) is 194 Å². The van der Waals surface area contributed by atoms with E-state index in [9.17, 15) is 0 Å². The molecule has 20 heteroatoms. The summed E-state index contributed by atoms with van der Waals surface area (Å²) in [6, 6.07) is 53.3. The predicted octanol–water partition coefficient (Wildman–Crippen LogP) is 18.3. The van der Waals surface area contributed by atoms with Crippen LogP contribution in [0.4, 0.5) is 0 Å². The van der Waals surface area contributed by atoms with E-state index in [4.69, 9.17) is 59.0 Å². The number of ether oxygens (including phenoxy) is 1. The summed E-state index contributed by atoms with van der Waals surface area (Å²) in [5, 5.41) is 9.73. The molecule has 1 aliphatic heterocycles. The van der Waals surface area contributed by atoms with Crippen LogP contribution in [0, 0.1) is 41.5 Å². The zero-order valence-corrected chi connectivity index (χ0v) is 65.6. The highest BCUT2D eigenvalue weighted by Crippen LogP contribution is 2.44. The largest absolute Gasteiger partial charge is 0.451 e. The van der Waals surface area contributed by atoms with Crippen LogP contribution < -0.4 is 0 Å². The first-order valence-electron chi connectivity index (χ1n) is 38.4. The average molecular weight is 1520 g/mol. The summed E-state index contributed by atoms with van der Waals surface area (Å²) in [6.07, 6.45) is 14.7. The molecule has 0 amide bonds. The van der Waals surface area contributed by atoms with Gasteiger partial charge < -0.3 is 27.4 Å². The molecule has 17 aromatic rings. The summed E-state index contributed by atoms with van der Waals surface area (Å²) >= 11 is 3.53. The molecule has 0 bridgehead atoms. The van der Waals surface area contributed by atoms with Crippen LogP contribution in [0.3, 0.4) is 0 Å². The molecule has 2 aliphatic carbocycles. The predicted molar refractivity (Wildman–Crippen MR) is 440 cm³/mol. The number of fused-ring (bicyclic) bond motifs is 12. The van der Waals surface area contributed by atoms with Gasteiger partial charge in [0.25, 0.3) is 0 Å². The van der Waals surface area contributed by atoms with Gasteiger partial charge in [0.2, 0.25) is 0 Å². The van der Waals surface area contributed by atoms with Crippen molar-refractivity contribution in [2.45, 2.75) is 136 Å². The number of halogens is 1. The van der Waals surface area contributed by atoms with Gasteiger partial charge in [0, 0.05) is 153 Å². The molecule has 8 aromatic carbocycles. The van der Waals surface area contributed by atoms with Crippen molar-refractivity contribution >= 4 is 103 Å². The Balaban J connectivity index is 0.000000107. The maximum Gasteiger partial charge on any atom is 0.181 e. The Morgan fingerprint density at radius 2 is 0.673 bits per heavy atom. The fourth-order valence-corrected chi connectivity index (χ4v) is 16.1. The van der Waals surface area contributed by atoms with Crippen molar-refractivity contribution in [1.82, 2.24) is 83.1 Å². The van der Waals surface area contributed by atoms with Gasteiger partial charge in [-0.05, 0) is 135 Å². The molecule has 0 atom stereocenters. The van der Waals surface area contributed by atoms with Crippen LogP contribution in [0.1, 0.15) is 141 Å². The number of imidazole rings is 4. The lowest BCUT2D eigenvalue weighted by Crippen LogP contribution is -2.27. The number of aryl methyl sites for hydroxylation is 18. The van der Waals surface area contributed by atoms with Crippen molar-refractivity contribution in [2.24, 2.45) is 28.2 Å². The second kappa shape index (κ2) is 30.3. The van der Waals surface area contributed by atoms with Gasteiger partial charge in [0.05, 0.1) is 84.6 Å². The third-order valence-corrected chi connectivity index (χ3v) is 23.4. The molecule has 2 saturated carbocycles. The van der Waals surface area contributed by atoms with Crippen LogP contribution in [0.25, 0.3) is 98.5 Å².